The Morgan fingerprint density at radius 2 is 2.14 bits per heavy atom. The van der Waals surface area contributed by atoms with Crippen molar-refractivity contribution in [3.05, 3.63) is 30.0 Å². The molecule has 4 rings (SSSR count). The number of hydrogen-bond acceptors (Lipinski definition) is 4. The molecule has 1 aromatic carbocycles. The van der Waals surface area contributed by atoms with E-state index in [1.54, 1.807) is 0 Å². The molecule has 2 fully saturated rings. The molecule has 3 heterocycles. The molecular weight excluding hydrogens is 302 g/mol. The zero-order chi connectivity index (χ0) is 14.2. The summed E-state index contributed by atoms with van der Waals surface area (Å²) in [5.74, 6) is 1.54. The maximum atomic E-state index is 12.5. The highest BCUT2D eigenvalue weighted by Gasteiger charge is 2.34. The number of piperidine rings is 1. The lowest BCUT2D eigenvalue weighted by Crippen LogP contribution is -2.44. The maximum Gasteiger partial charge on any atom is 0.228 e. The molecule has 0 radical (unpaired) electrons. The van der Waals surface area contributed by atoms with E-state index in [2.05, 4.69) is 10.5 Å². The SMILES string of the molecule is Cl.O=C(Cc1noc2ccccc12)N1CCC2CNCC2C1. The summed E-state index contributed by atoms with van der Waals surface area (Å²) in [6.07, 6.45) is 1.45. The lowest BCUT2D eigenvalue weighted by Gasteiger charge is -2.34. The van der Waals surface area contributed by atoms with Crippen molar-refractivity contribution in [3.63, 3.8) is 0 Å². The van der Waals surface area contributed by atoms with Crippen molar-refractivity contribution in [3.8, 4) is 0 Å². The number of halogens is 1. The van der Waals surface area contributed by atoms with Gasteiger partial charge in [0.25, 0.3) is 0 Å². The summed E-state index contributed by atoms with van der Waals surface area (Å²) in [5, 5.41) is 8.44. The standard InChI is InChI=1S/C16H19N3O2.ClH/c20-16(19-6-5-11-8-17-9-12(11)10-19)7-14-13-3-1-2-4-15(13)21-18-14;/h1-4,11-12,17H,5-10H2;1H. The Kier molecular flexibility index (Phi) is 4.36. The first-order valence-electron chi connectivity index (χ1n) is 7.63. The summed E-state index contributed by atoms with van der Waals surface area (Å²) < 4.78 is 5.28. The zero-order valence-electron chi connectivity index (χ0n) is 12.3. The van der Waals surface area contributed by atoms with Crippen molar-refractivity contribution < 1.29 is 9.32 Å². The topological polar surface area (TPSA) is 58.4 Å². The van der Waals surface area contributed by atoms with E-state index in [0.29, 0.717) is 12.3 Å². The van der Waals surface area contributed by atoms with E-state index in [4.69, 9.17) is 4.52 Å². The highest BCUT2D eigenvalue weighted by atomic mass is 35.5. The van der Waals surface area contributed by atoms with E-state index in [1.807, 2.05) is 29.2 Å². The molecule has 2 atom stereocenters. The molecule has 0 saturated carbocycles. The van der Waals surface area contributed by atoms with Crippen LogP contribution < -0.4 is 5.32 Å². The predicted molar refractivity (Wildman–Crippen MR) is 86.0 cm³/mol. The molecule has 118 valence electrons. The summed E-state index contributed by atoms with van der Waals surface area (Å²) in [5.41, 5.74) is 1.50. The fourth-order valence-corrected chi connectivity index (χ4v) is 3.58. The third-order valence-electron chi connectivity index (χ3n) is 4.83. The van der Waals surface area contributed by atoms with Gasteiger partial charge in [-0.2, -0.15) is 0 Å². The van der Waals surface area contributed by atoms with Crippen molar-refractivity contribution in [2.75, 3.05) is 26.2 Å². The van der Waals surface area contributed by atoms with Gasteiger partial charge >= 0.3 is 0 Å². The van der Waals surface area contributed by atoms with E-state index < -0.39 is 0 Å². The zero-order valence-corrected chi connectivity index (χ0v) is 13.1. The fraction of sp³-hybridized carbons (Fsp3) is 0.500. The fourth-order valence-electron chi connectivity index (χ4n) is 3.58. The van der Waals surface area contributed by atoms with Gasteiger partial charge in [-0.15, -0.1) is 12.4 Å². The molecule has 2 aliphatic rings. The monoisotopic (exact) mass is 321 g/mol. The minimum absolute atomic E-state index is 0. The number of nitrogens with zero attached hydrogens (tertiary/aromatic N) is 2. The second kappa shape index (κ2) is 6.26. The van der Waals surface area contributed by atoms with Crippen molar-refractivity contribution in [1.82, 2.24) is 15.4 Å². The van der Waals surface area contributed by atoms with Crippen molar-refractivity contribution in [2.45, 2.75) is 12.8 Å². The number of carbonyl (C=O) groups is 1. The Morgan fingerprint density at radius 1 is 1.32 bits per heavy atom. The Morgan fingerprint density at radius 3 is 3.05 bits per heavy atom. The van der Waals surface area contributed by atoms with Gasteiger partial charge in [-0.3, -0.25) is 4.79 Å². The number of nitrogens with one attached hydrogen (secondary N) is 1. The van der Waals surface area contributed by atoms with Gasteiger partial charge in [0.2, 0.25) is 5.91 Å². The minimum Gasteiger partial charge on any atom is -0.356 e. The lowest BCUT2D eigenvalue weighted by molar-refractivity contribution is -0.132. The van der Waals surface area contributed by atoms with Gasteiger partial charge in [0.05, 0.1) is 6.42 Å². The maximum absolute atomic E-state index is 12.5. The van der Waals surface area contributed by atoms with E-state index in [-0.39, 0.29) is 18.3 Å². The van der Waals surface area contributed by atoms with Gasteiger partial charge in [0.1, 0.15) is 5.69 Å². The van der Waals surface area contributed by atoms with Gasteiger partial charge in [-0.05, 0) is 43.5 Å². The van der Waals surface area contributed by atoms with Crippen LogP contribution in [0.3, 0.4) is 0 Å². The molecule has 2 saturated heterocycles. The molecular formula is C16H20ClN3O2. The Balaban J connectivity index is 0.00000144. The quantitative estimate of drug-likeness (QED) is 0.917. The molecule has 2 aromatic rings. The summed E-state index contributed by atoms with van der Waals surface area (Å²) in [7, 11) is 0. The third kappa shape index (κ3) is 2.71. The van der Waals surface area contributed by atoms with Crippen LogP contribution >= 0.6 is 12.4 Å². The van der Waals surface area contributed by atoms with Crippen LogP contribution in [-0.4, -0.2) is 42.1 Å². The van der Waals surface area contributed by atoms with Crippen molar-refractivity contribution in [2.24, 2.45) is 11.8 Å². The molecule has 2 unspecified atom stereocenters. The average Bonchev–Trinajstić information content (AvgIpc) is 3.13. The van der Waals surface area contributed by atoms with E-state index >= 15 is 0 Å². The first-order valence-corrected chi connectivity index (χ1v) is 7.63. The van der Waals surface area contributed by atoms with Gasteiger partial charge < -0.3 is 14.7 Å². The second-order valence-electron chi connectivity index (χ2n) is 6.11. The highest BCUT2D eigenvalue weighted by molar-refractivity contribution is 5.86. The Hall–Kier alpha value is -1.59. The van der Waals surface area contributed by atoms with E-state index in [9.17, 15) is 4.79 Å². The summed E-state index contributed by atoms with van der Waals surface area (Å²) in [4.78, 5) is 14.5. The molecule has 1 amide bonds. The first-order chi connectivity index (χ1) is 10.3. The van der Waals surface area contributed by atoms with E-state index in [0.717, 1.165) is 55.2 Å². The van der Waals surface area contributed by atoms with Crippen LogP contribution in [0.1, 0.15) is 12.1 Å². The van der Waals surface area contributed by atoms with Crippen LogP contribution in [0.25, 0.3) is 11.0 Å². The Labute approximate surface area is 135 Å². The number of rotatable bonds is 2. The number of likely N-dealkylation sites (tertiary alicyclic amines) is 1. The van der Waals surface area contributed by atoms with Crippen LogP contribution in [0.5, 0.6) is 0 Å². The molecule has 22 heavy (non-hydrogen) atoms. The lowest BCUT2D eigenvalue weighted by atomic mass is 9.88. The highest BCUT2D eigenvalue weighted by Crippen LogP contribution is 2.27. The van der Waals surface area contributed by atoms with Gasteiger partial charge in [-0.1, -0.05) is 17.3 Å². The number of amides is 1. The molecule has 5 nitrogen and oxygen atoms in total. The first kappa shape index (κ1) is 15.3. The number of carbonyl (C=O) groups excluding carboxylic acids is 1. The summed E-state index contributed by atoms with van der Waals surface area (Å²) in [6.45, 7) is 3.91. The molecule has 6 heteroatoms. The van der Waals surface area contributed by atoms with Gasteiger partial charge in [-0.25, -0.2) is 0 Å². The number of fused-ring (bicyclic) bond motifs is 2. The Bertz CT molecular complexity index is 672. The smallest absolute Gasteiger partial charge is 0.228 e. The molecule has 0 bridgehead atoms. The largest absolute Gasteiger partial charge is 0.356 e. The van der Waals surface area contributed by atoms with Gasteiger partial charge in [0.15, 0.2) is 5.58 Å². The normalized spacial score (nSPS) is 24.1. The average molecular weight is 322 g/mol. The van der Waals surface area contributed by atoms with Crippen LogP contribution in [0.4, 0.5) is 0 Å². The molecule has 1 aromatic heterocycles. The number of aromatic nitrogens is 1. The third-order valence-corrected chi connectivity index (χ3v) is 4.83. The van der Waals surface area contributed by atoms with E-state index in [1.165, 1.54) is 0 Å². The number of para-hydroxylation sites is 1. The van der Waals surface area contributed by atoms with Gasteiger partial charge in [0, 0.05) is 18.5 Å². The number of hydrogen-bond donors (Lipinski definition) is 1. The second-order valence-corrected chi connectivity index (χ2v) is 6.11. The molecule has 1 N–H and O–H groups in total. The molecule has 2 aliphatic heterocycles. The summed E-state index contributed by atoms with van der Waals surface area (Å²) >= 11 is 0. The number of benzene rings is 1. The van der Waals surface area contributed by atoms with Crippen molar-refractivity contribution >= 4 is 29.3 Å². The summed E-state index contributed by atoms with van der Waals surface area (Å²) in [6, 6.07) is 7.70. The molecule has 0 spiro atoms. The van der Waals surface area contributed by atoms with Crippen molar-refractivity contribution in [1.29, 1.82) is 0 Å². The van der Waals surface area contributed by atoms with Crippen LogP contribution in [-0.2, 0) is 11.2 Å². The molecule has 0 aliphatic carbocycles. The van der Waals surface area contributed by atoms with Crippen LogP contribution in [0.2, 0.25) is 0 Å². The van der Waals surface area contributed by atoms with Crippen LogP contribution in [0, 0.1) is 11.8 Å². The van der Waals surface area contributed by atoms with Crippen LogP contribution in [0.15, 0.2) is 28.8 Å². The minimum atomic E-state index is 0. The predicted octanol–water partition coefficient (Wildman–Crippen LogP) is 1.86.